The third-order valence-electron chi connectivity index (χ3n) is 4.32. The zero-order chi connectivity index (χ0) is 17.9. The number of piperidine rings is 1. The molecule has 1 amide bonds. The van der Waals surface area contributed by atoms with E-state index in [-0.39, 0.29) is 31.8 Å². The Morgan fingerprint density at radius 3 is 2.60 bits per heavy atom. The number of carbonyl (C=O) groups is 2. The number of hydrogen-bond donors (Lipinski definition) is 2. The van der Waals surface area contributed by atoms with Crippen LogP contribution in [0.2, 0.25) is 0 Å². The maximum absolute atomic E-state index is 12.6. The fraction of sp³-hybridized carbons (Fsp3) is 0.333. The predicted octanol–water partition coefficient (Wildman–Crippen LogP) is 2.38. The summed E-state index contributed by atoms with van der Waals surface area (Å²) in [6.45, 7) is 0.870. The SMILES string of the molecule is O=C(c1cccc(OCc2cccs2)c1)N1CCC(O)(C(=O)O)CC1. The average Bonchev–Trinajstić information content (AvgIpc) is 3.14. The van der Waals surface area contributed by atoms with Gasteiger partial charge in [0.25, 0.3) is 5.91 Å². The number of carbonyl (C=O) groups excluding carboxylic acids is 1. The van der Waals surface area contributed by atoms with Gasteiger partial charge in [0.1, 0.15) is 12.4 Å². The summed E-state index contributed by atoms with van der Waals surface area (Å²) in [7, 11) is 0. The Bertz CT molecular complexity index is 751. The summed E-state index contributed by atoms with van der Waals surface area (Å²) in [4.78, 5) is 26.3. The second kappa shape index (κ2) is 7.25. The van der Waals surface area contributed by atoms with Crippen molar-refractivity contribution in [3.63, 3.8) is 0 Å². The van der Waals surface area contributed by atoms with E-state index in [2.05, 4.69) is 0 Å². The van der Waals surface area contributed by atoms with Crippen molar-refractivity contribution in [1.82, 2.24) is 4.90 Å². The van der Waals surface area contributed by atoms with Crippen molar-refractivity contribution in [2.45, 2.75) is 25.0 Å². The molecular weight excluding hydrogens is 342 g/mol. The van der Waals surface area contributed by atoms with E-state index >= 15 is 0 Å². The fourth-order valence-corrected chi connectivity index (χ4v) is 3.36. The number of thiophene rings is 1. The number of aliphatic hydroxyl groups is 1. The molecule has 2 heterocycles. The fourth-order valence-electron chi connectivity index (χ4n) is 2.74. The van der Waals surface area contributed by atoms with E-state index in [0.717, 1.165) is 4.88 Å². The van der Waals surface area contributed by atoms with E-state index in [1.54, 1.807) is 40.5 Å². The summed E-state index contributed by atoms with van der Waals surface area (Å²) in [5.41, 5.74) is -1.24. The first-order chi connectivity index (χ1) is 12.0. The Morgan fingerprint density at radius 1 is 1.20 bits per heavy atom. The topological polar surface area (TPSA) is 87.1 Å². The molecule has 0 saturated carbocycles. The van der Waals surface area contributed by atoms with Crippen molar-refractivity contribution >= 4 is 23.2 Å². The molecule has 2 aromatic rings. The Labute approximate surface area is 149 Å². The van der Waals surface area contributed by atoms with Gasteiger partial charge in [-0.05, 0) is 29.6 Å². The maximum atomic E-state index is 12.6. The van der Waals surface area contributed by atoms with E-state index in [0.29, 0.717) is 17.9 Å². The predicted molar refractivity (Wildman–Crippen MR) is 92.8 cm³/mol. The first-order valence-corrected chi connectivity index (χ1v) is 8.86. The molecule has 25 heavy (non-hydrogen) atoms. The van der Waals surface area contributed by atoms with Gasteiger partial charge in [-0.1, -0.05) is 12.1 Å². The lowest BCUT2D eigenvalue weighted by Gasteiger charge is -2.35. The Balaban J connectivity index is 1.63. The number of nitrogens with zero attached hydrogens (tertiary/aromatic N) is 1. The number of likely N-dealkylation sites (tertiary alicyclic amines) is 1. The molecule has 7 heteroatoms. The number of ether oxygens (including phenoxy) is 1. The highest BCUT2D eigenvalue weighted by molar-refractivity contribution is 7.09. The third kappa shape index (κ3) is 4.00. The summed E-state index contributed by atoms with van der Waals surface area (Å²) in [6.07, 6.45) is 0.0608. The van der Waals surface area contributed by atoms with Crippen LogP contribution in [0, 0.1) is 0 Å². The molecule has 0 spiro atoms. The number of carboxylic acid groups (broad SMARTS) is 1. The molecule has 1 aromatic carbocycles. The van der Waals surface area contributed by atoms with E-state index in [1.807, 2.05) is 17.5 Å². The highest BCUT2D eigenvalue weighted by Gasteiger charge is 2.40. The number of hydrogen-bond acceptors (Lipinski definition) is 5. The number of aliphatic carboxylic acids is 1. The van der Waals surface area contributed by atoms with E-state index in [9.17, 15) is 14.7 Å². The lowest BCUT2D eigenvalue weighted by atomic mass is 9.91. The molecule has 1 fully saturated rings. The summed E-state index contributed by atoms with van der Waals surface area (Å²) < 4.78 is 5.72. The number of rotatable bonds is 5. The van der Waals surface area contributed by atoms with Gasteiger partial charge in [-0.3, -0.25) is 4.79 Å². The molecule has 6 nitrogen and oxygen atoms in total. The van der Waals surface area contributed by atoms with Gasteiger partial charge in [0.05, 0.1) is 0 Å². The van der Waals surface area contributed by atoms with Crippen molar-refractivity contribution in [2.75, 3.05) is 13.1 Å². The molecular formula is C18H19NO5S. The molecule has 1 aromatic heterocycles. The Hall–Kier alpha value is -2.38. The van der Waals surface area contributed by atoms with Crippen LogP contribution in [0.3, 0.4) is 0 Å². The van der Waals surface area contributed by atoms with Crippen molar-refractivity contribution in [2.24, 2.45) is 0 Å². The Kier molecular flexibility index (Phi) is 5.06. The molecule has 1 aliphatic rings. The van der Waals surface area contributed by atoms with Crippen LogP contribution >= 0.6 is 11.3 Å². The van der Waals surface area contributed by atoms with Crippen molar-refractivity contribution < 1.29 is 24.5 Å². The van der Waals surface area contributed by atoms with E-state index in [4.69, 9.17) is 9.84 Å². The van der Waals surface area contributed by atoms with Crippen molar-refractivity contribution in [3.05, 3.63) is 52.2 Å². The van der Waals surface area contributed by atoms with Crippen LogP contribution in [0.4, 0.5) is 0 Å². The van der Waals surface area contributed by atoms with Crippen LogP contribution in [0.15, 0.2) is 41.8 Å². The van der Waals surface area contributed by atoms with Gasteiger partial charge < -0.3 is 19.8 Å². The largest absolute Gasteiger partial charge is 0.488 e. The van der Waals surface area contributed by atoms with Crippen LogP contribution in [0.5, 0.6) is 5.75 Å². The summed E-state index contributed by atoms with van der Waals surface area (Å²) in [6, 6.07) is 10.9. The molecule has 0 unspecified atom stereocenters. The second-order valence-corrected chi connectivity index (χ2v) is 7.06. The third-order valence-corrected chi connectivity index (χ3v) is 5.17. The normalized spacial score (nSPS) is 16.4. The second-order valence-electron chi connectivity index (χ2n) is 6.02. The first-order valence-electron chi connectivity index (χ1n) is 7.98. The Morgan fingerprint density at radius 2 is 1.96 bits per heavy atom. The highest BCUT2D eigenvalue weighted by Crippen LogP contribution is 2.24. The van der Waals surface area contributed by atoms with E-state index < -0.39 is 11.6 Å². The van der Waals surface area contributed by atoms with Gasteiger partial charge in [0.2, 0.25) is 0 Å². The highest BCUT2D eigenvalue weighted by atomic mass is 32.1. The lowest BCUT2D eigenvalue weighted by Crippen LogP contribution is -2.50. The molecule has 1 aliphatic heterocycles. The number of benzene rings is 1. The molecule has 1 saturated heterocycles. The van der Waals surface area contributed by atoms with Gasteiger partial charge in [0, 0.05) is 36.4 Å². The minimum Gasteiger partial charge on any atom is -0.488 e. The van der Waals surface area contributed by atoms with E-state index in [1.165, 1.54) is 0 Å². The average molecular weight is 361 g/mol. The number of carboxylic acids is 1. The molecule has 0 aliphatic carbocycles. The van der Waals surface area contributed by atoms with Gasteiger partial charge >= 0.3 is 5.97 Å². The summed E-state index contributed by atoms with van der Waals surface area (Å²) in [5.74, 6) is -0.809. The van der Waals surface area contributed by atoms with Crippen LogP contribution in [0.25, 0.3) is 0 Å². The minimum atomic E-state index is -1.73. The standard InChI is InChI=1S/C18H19NO5S/c20-16(19-8-6-18(23,7-9-19)17(21)22)13-3-1-4-14(11-13)24-12-15-5-2-10-25-15/h1-5,10-11,23H,6-9,12H2,(H,21,22). The minimum absolute atomic E-state index is 0.0304. The number of amides is 1. The molecule has 2 N–H and O–H groups in total. The van der Waals surface area contributed by atoms with Gasteiger partial charge in [-0.2, -0.15) is 0 Å². The quantitative estimate of drug-likeness (QED) is 0.854. The molecule has 3 rings (SSSR count). The zero-order valence-electron chi connectivity index (χ0n) is 13.6. The van der Waals surface area contributed by atoms with Crippen LogP contribution in [-0.2, 0) is 11.4 Å². The molecule has 132 valence electrons. The van der Waals surface area contributed by atoms with Crippen LogP contribution < -0.4 is 4.74 Å². The van der Waals surface area contributed by atoms with Gasteiger partial charge in [-0.15, -0.1) is 11.3 Å². The maximum Gasteiger partial charge on any atom is 0.335 e. The zero-order valence-corrected chi connectivity index (χ0v) is 14.4. The smallest absolute Gasteiger partial charge is 0.335 e. The summed E-state index contributed by atoms with van der Waals surface area (Å²) in [5, 5.41) is 21.0. The lowest BCUT2D eigenvalue weighted by molar-refractivity contribution is -0.162. The molecule has 0 atom stereocenters. The summed E-state index contributed by atoms with van der Waals surface area (Å²) >= 11 is 1.61. The monoisotopic (exact) mass is 361 g/mol. The molecule has 0 radical (unpaired) electrons. The van der Waals surface area contributed by atoms with Crippen LogP contribution in [-0.4, -0.2) is 45.7 Å². The van der Waals surface area contributed by atoms with Gasteiger partial charge in [-0.25, -0.2) is 4.79 Å². The molecule has 0 bridgehead atoms. The van der Waals surface area contributed by atoms with Crippen molar-refractivity contribution in [3.8, 4) is 5.75 Å². The van der Waals surface area contributed by atoms with Gasteiger partial charge in [0.15, 0.2) is 5.60 Å². The van der Waals surface area contributed by atoms with Crippen molar-refractivity contribution in [1.29, 1.82) is 0 Å². The van der Waals surface area contributed by atoms with Crippen LogP contribution in [0.1, 0.15) is 28.1 Å². The first kappa shape index (κ1) is 17.4.